The van der Waals surface area contributed by atoms with Crippen molar-refractivity contribution in [1.82, 2.24) is 10.4 Å². The van der Waals surface area contributed by atoms with Crippen LogP contribution in [0.25, 0.3) is 0 Å². The molecule has 0 radical (unpaired) electrons. The van der Waals surface area contributed by atoms with E-state index in [0.717, 1.165) is 0 Å². The summed E-state index contributed by atoms with van der Waals surface area (Å²) in [5, 5.41) is 0. The summed E-state index contributed by atoms with van der Waals surface area (Å²) in [6.07, 6.45) is 1.32. The van der Waals surface area contributed by atoms with E-state index in [1.165, 1.54) is 11.2 Å². The van der Waals surface area contributed by atoms with E-state index in [0.29, 0.717) is 0 Å². The number of rotatable bonds is 2. The molecule has 0 aliphatic rings. The summed E-state index contributed by atoms with van der Waals surface area (Å²) in [6, 6.07) is -0.435. The molecule has 0 rings (SSSR count). The van der Waals surface area contributed by atoms with Gasteiger partial charge in [0, 0.05) is 20.4 Å². The number of amides is 2. The van der Waals surface area contributed by atoms with Gasteiger partial charge >= 0.3 is 6.03 Å². The van der Waals surface area contributed by atoms with Gasteiger partial charge in [-0.2, -0.15) is 4.28 Å². The van der Waals surface area contributed by atoms with Crippen molar-refractivity contribution in [3.63, 3.8) is 0 Å². The van der Waals surface area contributed by atoms with E-state index in [1.54, 1.807) is 14.1 Å². The lowest BCUT2D eigenvalue weighted by atomic mass is 10.9. The summed E-state index contributed by atoms with van der Waals surface area (Å²) >= 11 is -1.46. The fourth-order valence-corrected chi connectivity index (χ4v) is 0.374. The first kappa shape index (κ1) is 9.38. The molecular weight excluding hydrogens is 156 g/mol. The quantitative estimate of drug-likeness (QED) is 0.562. The second-order valence-electron chi connectivity index (χ2n) is 1.79. The van der Waals surface area contributed by atoms with Crippen molar-refractivity contribution in [2.45, 2.75) is 0 Å². The molecule has 5 nitrogen and oxygen atoms in total. The van der Waals surface area contributed by atoms with Crippen LogP contribution in [0, 0.1) is 0 Å². The molecule has 10 heavy (non-hydrogen) atoms. The molecule has 0 aliphatic heterocycles. The second kappa shape index (κ2) is 4.24. The van der Waals surface area contributed by atoms with E-state index < -0.39 is 17.1 Å². The number of hydrogen-bond donors (Lipinski definition) is 1. The first-order valence-electron chi connectivity index (χ1n) is 2.52. The summed E-state index contributed by atoms with van der Waals surface area (Å²) < 4.78 is 14.5. The molecule has 1 unspecified atom stereocenters. The number of nitrogens with zero attached hydrogens (tertiary/aromatic N) is 1. The lowest BCUT2D eigenvalue weighted by Gasteiger charge is -2.09. The minimum Gasteiger partial charge on any atom is -0.329 e. The minimum absolute atomic E-state index is 0.435. The highest BCUT2D eigenvalue weighted by Crippen LogP contribution is 1.78. The van der Waals surface area contributed by atoms with Crippen molar-refractivity contribution in [2.24, 2.45) is 0 Å². The number of hydroxylamine groups is 1. The van der Waals surface area contributed by atoms with Gasteiger partial charge in [-0.25, -0.2) is 14.5 Å². The van der Waals surface area contributed by atoms with Gasteiger partial charge in [0.15, 0.2) is 11.1 Å². The van der Waals surface area contributed by atoms with E-state index >= 15 is 0 Å². The van der Waals surface area contributed by atoms with Crippen LogP contribution in [0.1, 0.15) is 0 Å². The summed E-state index contributed by atoms with van der Waals surface area (Å²) in [5.74, 6) is 0. The fourth-order valence-electron chi connectivity index (χ4n) is 0.186. The lowest BCUT2D eigenvalue weighted by molar-refractivity contribution is 0.167. The Morgan fingerprint density at radius 2 is 2.10 bits per heavy atom. The Morgan fingerprint density at radius 3 is 2.40 bits per heavy atom. The zero-order valence-corrected chi connectivity index (χ0v) is 6.90. The summed E-state index contributed by atoms with van der Waals surface area (Å²) in [6.45, 7) is 0. The third-order valence-corrected chi connectivity index (χ3v) is 0.971. The van der Waals surface area contributed by atoms with Gasteiger partial charge < -0.3 is 4.90 Å². The molecule has 0 aromatic heterocycles. The Labute approximate surface area is 62.0 Å². The van der Waals surface area contributed by atoms with Gasteiger partial charge in [-0.15, -0.1) is 0 Å². The Kier molecular flexibility index (Phi) is 3.97. The first-order valence-corrected chi connectivity index (χ1v) is 4.00. The smallest absolute Gasteiger partial charge is 0.329 e. The first-order chi connectivity index (χ1) is 4.54. The van der Waals surface area contributed by atoms with Crippen LogP contribution in [0.2, 0.25) is 0 Å². The molecule has 60 valence electrons. The van der Waals surface area contributed by atoms with E-state index in [-0.39, 0.29) is 0 Å². The molecule has 2 amide bonds. The maximum absolute atomic E-state index is 10.6. The normalized spacial score (nSPS) is 12.3. The summed E-state index contributed by atoms with van der Waals surface area (Å²) in [5.41, 5.74) is 1.97. The Hall–Kier alpha value is -0.620. The van der Waals surface area contributed by atoms with Crippen LogP contribution in [-0.2, 0) is 15.4 Å². The maximum atomic E-state index is 10.6. The van der Waals surface area contributed by atoms with Crippen molar-refractivity contribution in [2.75, 3.05) is 20.4 Å². The van der Waals surface area contributed by atoms with E-state index in [4.69, 9.17) is 0 Å². The number of carbonyl (C=O) groups excluding carboxylic acids is 1. The number of carbonyl (C=O) groups is 1. The van der Waals surface area contributed by atoms with Crippen LogP contribution >= 0.6 is 0 Å². The van der Waals surface area contributed by atoms with Crippen LogP contribution in [0.4, 0.5) is 4.79 Å². The molecule has 0 aromatic carbocycles. The van der Waals surface area contributed by atoms with Crippen molar-refractivity contribution < 1.29 is 13.3 Å². The molecule has 1 atom stereocenters. The Morgan fingerprint density at radius 1 is 1.60 bits per heavy atom. The average Bonchev–Trinajstić information content (AvgIpc) is 1.82. The van der Waals surface area contributed by atoms with Crippen LogP contribution in [0.15, 0.2) is 0 Å². The standard InChI is InChI=1S/C4H10N2O3S/c1-6(2)4(7)5-9-10(3)8/h1-3H3,(H,5,7). The SMILES string of the molecule is CN(C)C(=O)NOS(C)=O. The van der Waals surface area contributed by atoms with Crippen LogP contribution < -0.4 is 5.48 Å². The molecule has 0 aliphatic carbocycles. The highest BCUT2D eigenvalue weighted by molar-refractivity contribution is 7.79. The molecular formula is C4H10N2O3S. The zero-order valence-electron chi connectivity index (χ0n) is 6.08. The number of hydrogen-bond acceptors (Lipinski definition) is 3. The molecule has 0 aromatic rings. The average molecular weight is 166 g/mol. The molecule has 0 fully saturated rings. The molecule has 0 bridgehead atoms. The van der Waals surface area contributed by atoms with Gasteiger partial charge in [0.1, 0.15) is 0 Å². The van der Waals surface area contributed by atoms with Crippen LogP contribution in [-0.4, -0.2) is 35.5 Å². The molecule has 1 N–H and O–H groups in total. The summed E-state index contributed by atoms with van der Waals surface area (Å²) in [7, 11) is 3.11. The van der Waals surface area contributed by atoms with Gasteiger partial charge in [-0.1, -0.05) is 0 Å². The molecule has 0 heterocycles. The maximum Gasteiger partial charge on any atom is 0.341 e. The van der Waals surface area contributed by atoms with Gasteiger partial charge in [0.2, 0.25) is 0 Å². The lowest BCUT2D eigenvalue weighted by Crippen LogP contribution is -2.34. The largest absolute Gasteiger partial charge is 0.341 e. The molecule has 0 saturated heterocycles. The van der Waals surface area contributed by atoms with E-state index in [9.17, 15) is 9.00 Å². The van der Waals surface area contributed by atoms with E-state index in [2.05, 4.69) is 4.28 Å². The molecule has 0 saturated carbocycles. The van der Waals surface area contributed by atoms with Gasteiger partial charge in [-0.05, 0) is 0 Å². The van der Waals surface area contributed by atoms with Crippen molar-refractivity contribution >= 4 is 17.1 Å². The topological polar surface area (TPSA) is 58.6 Å². The molecule has 0 spiro atoms. The molecule has 6 heteroatoms. The predicted octanol–water partition coefficient (Wildman–Crippen LogP) is -0.517. The zero-order chi connectivity index (χ0) is 8.15. The van der Waals surface area contributed by atoms with Crippen molar-refractivity contribution in [3.05, 3.63) is 0 Å². The number of urea groups is 1. The second-order valence-corrected chi connectivity index (χ2v) is 2.76. The highest BCUT2D eigenvalue weighted by atomic mass is 32.2. The predicted molar refractivity (Wildman–Crippen MR) is 37.4 cm³/mol. The Bertz CT molecular complexity index is 147. The third-order valence-electron chi connectivity index (χ3n) is 0.653. The Balaban J connectivity index is 3.50. The van der Waals surface area contributed by atoms with Crippen molar-refractivity contribution in [3.8, 4) is 0 Å². The van der Waals surface area contributed by atoms with Gasteiger partial charge in [-0.3, -0.25) is 0 Å². The number of nitrogens with one attached hydrogen (secondary N) is 1. The summed E-state index contributed by atoms with van der Waals surface area (Å²) in [4.78, 5) is 11.9. The third kappa shape index (κ3) is 4.28. The van der Waals surface area contributed by atoms with Gasteiger partial charge in [0.25, 0.3) is 0 Å². The van der Waals surface area contributed by atoms with Crippen LogP contribution in [0.5, 0.6) is 0 Å². The van der Waals surface area contributed by atoms with Crippen LogP contribution in [0.3, 0.4) is 0 Å². The monoisotopic (exact) mass is 166 g/mol. The van der Waals surface area contributed by atoms with Crippen molar-refractivity contribution in [1.29, 1.82) is 0 Å². The van der Waals surface area contributed by atoms with Gasteiger partial charge in [0.05, 0.1) is 0 Å². The van der Waals surface area contributed by atoms with E-state index in [1.807, 2.05) is 5.48 Å². The fraction of sp³-hybridized carbons (Fsp3) is 0.750. The highest BCUT2D eigenvalue weighted by Gasteiger charge is 2.02. The minimum atomic E-state index is -1.46.